The lowest BCUT2D eigenvalue weighted by Gasteiger charge is -2.07. The van der Waals surface area contributed by atoms with Gasteiger partial charge in [0.2, 0.25) is 0 Å². The molecule has 0 radical (unpaired) electrons. The van der Waals surface area contributed by atoms with Crippen LogP contribution in [0, 0.1) is 6.92 Å². The van der Waals surface area contributed by atoms with Gasteiger partial charge in [-0.05, 0) is 55.0 Å². The second-order valence-electron chi connectivity index (χ2n) is 3.47. The second-order valence-corrected chi connectivity index (χ2v) is 4.76. The van der Waals surface area contributed by atoms with Gasteiger partial charge in [0.1, 0.15) is 11.5 Å². The largest absolute Gasteiger partial charge is 0.457 e. The molecule has 2 rings (SSSR count). The number of aryl methyl sites for hydroxylation is 1. The molecular weight excluding hydrogens is 287 g/mol. The van der Waals surface area contributed by atoms with E-state index in [-0.39, 0.29) is 0 Å². The Balaban J connectivity index is 2.20. The predicted octanol–water partition coefficient (Wildman–Crippen LogP) is 5.20. The molecule has 82 valence electrons. The summed E-state index contributed by atoms with van der Waals surface area (Å²) in [7, 11) is 0. The van der Waals surface area contributed by atoms with E-state index in [1.165, 1.54) is 0 Å². The van der Waals surface area contributed by atoms with Crippen molar-refractivity contribution < 1.29 is 4.74 Å². The van der Waals surface area contributed by atoms with Gasteiger partial charge in [0, 0.05) is 9.50 Å². The lowest BCUT2D eigenvalue weighted by molar-refractivity contribution is 0.482. The highest BCUT2D eigenvalue weighted by molar-refractivity contribution is 9.10. The molecule has 0 N–H and O–H groups in total. The summed E-state index contributed by atoms with van der Waals surface area (Å²) in [6.45, 7) is 2.03. The summed E-state index contributed by atoms with van der Waals surface area (Å²) in [6.07, 6.45) is 0. The van der Waals surface area contributed by atoms with Crippen LogP contribution in [0.3, 0.4) is 0 Å². The van der Waals surface area contributed by atoms with Crippen molar-refractivity contribution in [2.45, 2.75) is 6.92 Å². The molecule has 2 aromatic carbocycles. The summed E-state index contributed by atoms with van der Waals surface area (Å²) >= 11 is 9.25. The molecule has 0 amide bonds. The first kappa shape index (κ1) is 11.5. The van der Waals surface area contributed by atoms with E-state index >= 15 is 0 Å². The molecule has 0 saturated heterocycles. The van der Waals surface area contributed by atoms with Crippen molar-refractivity contribution in [3.8, 4) is 11.5 Å². The molecule has 0 heterocycles. The van der Waals surface area contributed by atoms with E-state index in [0.717, 1.165) is 21.5 Å². The average Bonchev–Trinajstić information content (AvgIpc) is 2.27. The minimum atomic E-state index is 0.708. The molecule has 0 atom stereocenters. The van der Waals surface area contributed by atoms with E-state index in [0.29, 0.717) is 5.02 Å². The number of hydrogen-bond acceptors (Lipinski definition) is 1. The molecule has 0 aliphatic rings. The van der Waals surface area contributed by atoms with Gasteiger partial charge in [-0.1, -0.05) is 27.5 Å². The molecule has 0 aliphatic heterocycles. The van der Waals surface area contributed by atoms with Gasteiger partial charge in [-0.3, -0.25) is 0 Å². The SMILES string of the molecule is Cc1cc(Oc2ccc(Cl)cc2)ccc1Br. The molecule has 0 aliphatic carbocycles. The van der Waals surface area contributed by atoms with E-state index in [4.69, 9.17) is 16.3 Å². The molecule has 0 spiro atoms. The lowest BCUT2D eigenvalue weighted by atomic mass is 10.2. The van der Waals surface area contributed by atoms with E-state index in [2.05, 4.69) is 15.9 Å². The first-order valence-electron chi connectivity index (χ1n) is 4.85. The fourth-order valence-corrected chi connectivity index (χ4v) is 1.69. The highest BCUT2D eigenvalue weighted by Gasteiger charge is 2.00. The fourth-order valence-electron chi connectivity index (χ4n) is 1.32. The van der Waals surface area contributed by atoms with Crippen LogP contribution >= 0.6 is 27.5 Å². The molecule has 3 heteroatoms. The van der Waals surface area contributed by atoms with Crippen molar-refractivity contribution in [3.05, 3.63) is 57.5 Å². The lowest BCUT2D eigenvalue weighted by Crippen LogP contribution is -1.85. The van der Waals surface area contributed by atoms with Gasteiger partial charge in [0.15, 0.2) is 0 Å². The van der Waals surface area contributed by atoms with Gasteiger partial charge in [-0.15, -0.1) is 0 Å². The zero-order chi connectivity index (χ0) is 11.5. The molecule has 0 unspecified atom stereocenters. The maximum Gasteiger partial charge on any atom is 0.127 e. The van der Waals surface area contributed by atoms with Crippen molar-refractivity contribution in [1.82, 2.24) is 0 Å². The molecular formula is C13H10BrClO. The van der Waals surface area contributed by atoms with E-state index in [1.807, 2.05) is 49.4 Å². The number of halogens is 2. The number of hydrogen-bond donors (Lipinski definition) is 0. The van der Waals surface area contributed by atoms with Gasteiger partial charge in [-0.25, -0.2) is 0 Å². The first-order chi connectivity index (χ1) is 7.65. The van der Waals surface area contributed by atoms with Gasteiger partial charge in [0.05, 0.1) is 0 Å². The smallest absolute Gasteiger partial charge is 0.127 e. The van der Waals surface area contributed by atoms with Crippen molar-refractivity contribution in [1.29, 1.82) is 0 Å². The van der Waals surface area contributed by atoms with Crippen LogP contribution in [0.1, 0.15) is 5.56 Å². The second kappa shape index (κ2) is 4.89. The quantitative estimate of drug-likeness (QED) is 0.740. The monoisotopic (exact) mass is 296 g/mol. The summed E-state index contributed by atoms with van der Waals surface area (Å²) < 4.78 is 6.77. The van der Waals surface area contributed by atoms with E-state index in [9.17, 15) is 0 Å². The Morgan fingerprint density at radius 3 is 2.25 bits per heavy atom. The van der Waals surface area contributed by atoms with Crippen molar-refractivity contribution >= 4 is 27.5 Å². The molecule has 2 aromatic rings. The van der Waals surface area contributed by atoms with Crippen molar-refractivity contribution in [3.63, 3.8) is 0 Å². The Labute approximate surface area is 108 Å². The van der Waals surface area contributed by atoms with Crippen molar-refractivity contribution in [2.24, 2.45) is 0 Å². The molecule has 0 saturated carbocycles. The van der Waals surface area contributed by atoms with Crippen LogP contribution in [0.25, 0.3) is 0 Å². The third-order valence-electron chi connectivity index (χ3n) is 2.18. The van der Waals surface area contributed by atoms with Crippen molar-refractivity contribution in [2.75, 3.05) is 0 Å². The number of rotatable bonds is 2. The third-order valence-corrected chi connectivity index (χ3v) is 3.32. The minimum absolute atomic E-state index is 0.708. The Morgan fingerprint density at radius 1 is 1.00 bits per heavy atom. The predicted molar refractivity (Wildman–Crippen MR) is 70.4 cm³/mol. The van der Waals surface area contributed by atoms with Crippen LogP contribution in [0.2, 0.25) is 5.02 Å². The Hall–Kier alpha value is -0.990. The summed E-state index contributed by atoms with van der Waals surface area (Å²) in [5, 5.41) is 0.708. The van der Waals surface area contributed by atoms with Crippen LogP contribution < -0.4 is 4.74 Å². The molecule has 0 fully saturated rings. The first-order valence-corrected chi connectivity index (χ1v) is 6.02. The zero-order valence-electron chi connectivity index (χ0n) is 8.71. The van der Waals surface area contributed by atoms with Crippen LogP contribution in [0.5, 0.6) is 11.5 Å². The topological polar surface area (TPSA) is 9.23 Å². The molecule has 16 heavy (non-hydrogen) atoms. The van der Waals surface area contributed by atoms with Gasteiger partial charge >= 0.3 is 0 Å². The van der Waals surface area contributed by atoms with Crippen LogP contribution in [0.15, 0.2) is 46.9 Å². The Morgan fingerprint density at radius 2 is 1.62 bits per heavy atom. The minimum Gasteiger partial charge on any atom is -0.457 e. The fraction of sp³-hybridized carbons (Fsp3) is 0.0769. The average molecular weight is 298 g/mol. The number of ether oxygens (including phenoxy) is 1. The van der Waals surface area contributed by atoms with Crippen LogP contribution in [-0.2, 0) is 0 Å². The zero-order valence-corrected chi connectivity index (χ0v) is 11.0. The summed E-state index contributed by atoms with van der Waals surface area (Å²) in [4.78, 5) is 0. The van der Waals surface area contributed by atoms with E-state index in [1.54, 1.807) is 0 Å². The number of benzene rings is 2. The maximum absolute atomic E-state index is 5.80. The third kappa shape index (κ3) is 2.77. The summed E-state index contributed by atoms with van der Waals surface area (Å²) in [5.74, 6) is 1.61. The van der Waals surface area contributed by atoms with Gasteiger partial charge in [-0.2, -0.15) is 0 Å². The summed E-state index contributed by atoms with van der Waals surface area (Å²) in [6, 6.07) is 13.2. The van der Waals surface area contributed by atoms with Gasteiger partial charge < -0.3 is 4.74 Å². The standard InChI is InChI=1S/C13H10BrClO/c1-9-8-12(6-7-13(9)14)16-11-4-2-10(15)3-5-11/h2-8H,1H3. The Bertz CT molecular complexity index is 494. The molecule has 0 bridgehead atoms. The maximum atomic E-state index is 5.80. The highest BCUT2D eigenvalue weighted by Crippen LogP contribution is 2.26. The normalized spacial score (nSPS) is 10.2. The highest BCUT2D eigenvalue weighted by atomic mass is 79.9. The van der Waals surface area contributed by atoms with E-state index < -0.39 is 0 Å². The summed E-state index contributed by atoms with van der Waals surface area (Å²) in [5.41, 5.74) is 1.14. The Kier molecular flexibility index (Phi) is 3.52. The van der Waals surface area contributed by atoms with Gasteiger partial charge in [0.25, 0.3) is 0 Å². The molecule has 1 nitrogen and oxygen atoms in total. The molecule has 0 aromatic heterocycles. The van der Waals surface area contributed by atoms with Crippen LogP contribution in [-0.4, -0.2) is 0 Å². The van der Waals surface area contributed by atoms with Crippen LogP contribution in [0.4, 0.5) is 0 Å².